The van der Waals surface area contributed by atoms with Gasteiger partial charge in [0.05, 0.1) is 0 Å². The number of amidine groups is 1. The Kier molecular flexibility index (Phi) is 4.47. The Bertz CT molecular complexity index is 424. The van der Waals surface area contributed by atoms with Crippen molar-refractivity contribution < 1.29 is 33.6 Å². The van der Waals surface area contributed by atoms with Gasteiger partial charge in [-0.1, -0.05) is 11.8 Å². The Labute approximate surface area is 117 Å². The van der Waals surface area contributed by atoms with E-state index in [1.165, 1.54) is 0 Å². The number of carbonyl (C=O) groups is 1. The summed E-state index contributed by atoms with van der Waals surface area (Å²) in [5.74, 6) is 0. The van der Waals surface area contributed by atoms with E-state index in [2.05, 4.69) is 4.99 Å². The first-order valence-electron chi connectivity index (χ1n) is 5.91. The van der Waals surface area contributed by atoms with Crippen molar-refractivity contribution in [3.63, 3.8) is 0 Å². The first-order valence-corrected chi connectivity index (χ1v) is 6.79. The third kappa shape index (κ3) is 2.60. The fourth-order valence-electron chi connectivity index (χ4n) is 2.06. The van der Waals surface area contributed by atoms with E-state index in [-0.39, 0.29) is 11.7 Å². The molecular formula is C10H14F2N2O5S. The maximum absolute atomic E-state index is 12.7. The molecule has 10 heteroatoms. The third-order valence-electron chi connectivity index (χ3n) is 3.11. The molecule has 1 fully saturated rings. The summed E-state index contributed by atoms with van der Waals surface area (Å²) in [4.78, 5) is 15.9. The van der Waals surface area contributed by atoms with Crippen LogP contribution in [0.25, 0.3) is 0 Å². The normalized spacial score (nSPS) is 36.7. The van der Waals surface area contributed by atoms with Gasteiger partial charge in [-0.15, -0.1) is 0 Å². The second kappa shape index (κ2) is 5.80. The predicted octanol–water partition coefficient (Wildman–Crippen LogP) is 0.169. The van der Waals surface area contributed by atoms with Gasteiger partial charge in [-0.25, -0.2) is 13.6 Å². The lowest BCUT2D eigenvalue weighted by Gasteiger charge is -2.37. The smallest absolute Gasteiger partial charge is 0.413 e. The van der Waals surface area contributed by atoms with Crippen LogP contribution >= 0.6 is 11.8 Å². The molecule has 20 heavy (non-hydrogen) atoms. The van der Waals surface area contributed by atoms with Gasteiger partial charge in [-0.3, -0.25) is 9.89 Å². The molecule has 2 aliphatic rings. The average Bonchev–Trinajstić information content (AvgIpc) is 2.77. The van der Waals surface area contributed by atoms with Crippen LogP contribution in [0, 0.1) is 0 Å². The van der Waals surface area contributed by atoms with Gasteiger partial charge in [0, 0.05) is 6.54 Å². The van der Waals surface area contributed by atoms with E-state index in [9.17, 15) is 23.8 Å². The van der Waals surface area contributed by atoms with Crippen molar-refractivity contribution >= 4 is 23.0 Å². The summed E-state index contributed by atoms with van der Waals surface area (Å²) in [5, 5.41) is 28.5. The average molecular weight is 312 g/mol. The van der Waals surface area contributed by atoms with Gasteiger partial charge in [0.25, 0.3) is 6.43 Å². The van der Waals surface area contributed by atoms with E-state index >= 15 is 0 Å². The van der Waals surface area contributed by atoms with E-state index < -0.39 is 42.3 Å². The Morgan fingerprint density at radius 2 is 2.15 bits per heavy atom. The summed E-state index contributed by atoms with van der Waals surface area (Å²) >= 11 is 0.851. The molecule has 0 bridgehead atoms. The lowest BCUT2D eigenvalue weighted by Crippen LogP contribution is -2.56. The molecule has 0 spiro atoms. The van der Waals surface area contributed by atoms with E-state index in [1.54, 1.807) is 6.92 Å². The maximum atomic E-state index is 12.7. The SMILES string of the molecule is CCN(C(=O)O)C1=N[C@@H]2[C@@H](O)[C@H](O)[C@@H](C(F)F)O[C@@H]2S1. The van der Waals surface area contributed by atoms with Crippen molar-refractivity contribution in [3.8, 4) is 0 Å². The minimum absolute atomic E-state index is 0.0659. The predicted molar refractivity (Wildman–Crippen MR) is 65.9 cm³/mol. The molecule has 0 aromatic carbocycles. The van der Waals surface area contributed by atoms with Gasteiger partial charge in [0.1, 0.15) is 29.8 Å². The van der Waals surface area contributed by atoms with E-state index in [0.29, 0.717) is 0 Å². The van der Waals surface area contributed by atoms with Gasteiger partial charge in [-0.05, 0) is 6.92 Å². The van der Waals surface area contributed by atoms with Crippen LogP contribution in [0.3, 0.4) is 0 Å². The number of nitrogens with zero attached hydrogens (tertiary/aromatic N) is 2. The molecule has 1 saturated heterocycles. The Morgan fingerprint density at radius 1 is 1.50 bits per heavy atom. The number of halogens is 2. The Morgan fingerprint density at radius 3 is 2.65 bits per heavy atom. The number of ether oxygens (including phenoxy) is 1. The topological polar surface area (TPSA) is 103 Å². The highest BCUT2D eigenvalue weighted by molar-refractivity contribution is 8.14. The summed E-state index contributed by atoms with van der Waals surface area (Å²) in [6.07, 6.45) is -9.29. The van der Waals surface area contributed by atoms with Crippen molar-refractivity contribution in [2.45, 2.75) is 43.1 Å². The quantitative estimate of drug-likeness (QED) is 0.672. The summed E-state index contributed by atoms with van der Waals surface area (Å²) in [6.45, 7) is 1.71. The Balaban J connectivity index is 2.18. The lowest BCUT2D eigenvalue weighted by atomic mass is 9.98. The van der Waals surface area contributed by atoms with Crippen LogP contribution in [0.4, 0.5) is 13.6 Å². The zero-order valence-electron chi connectivity index (χ0n) is 10.4. The standard InChI is InChI=1S/C10H14F2N2O5S/c1-2-14(10(17)18)9-13-3-4(15)5(16)6(7(11)12)19-8(3)20-9/h3-8,15-16H,2H2,1H3,(H,17,18)/t3-,4-,5+,6+,8-/m1/s1. The van der Waals surface area contributed by atoms with Gasteiger partial charge in [-0.2, -0.15) is 0 Å². The number of thioether (sulfide) groups is 1. The van der Waals surface area contributed by atoms with Crippen molar-refractivity contribution in [3.05, 3.63) is 0 Å². The molecule has 0 aromatic rings. The summed E-state index contributed by atoms with van der Waals surface area (Å²) < 4.78 is 30.4. The number of alkyl halides is 2. The number of rotatable bonds is 2. The highest BCUT2D eigenvalue weighted by atomic mass is 32.2. The van der Waals surface area contributed by atoms with Crippen LogP contribution in [0.1, 0.15) is 6.92 Å². The van der Waals surface area contributed by atoms with Crippen LogP contribution in [0.5, 0.6) is 0 Å². The van der Waals surface area contributed by atoms with Crippen LogP contribution in [-0.2, 0) is 4.74 Å². The Hall–Kier alpha value is -0.970. The highest BCUT2D eigenvalue weighted by Gasteiger charge is 2.51. The van der Waals surface area contributed by atoms with Crippen LogP contribution in [0.2, 0.25) is 0 Å². The first kappa shape index (κ1) is 15.4. The molecule has 0 unspecified atom stereocenters. The van der Waals surface area contributed by atoms with E-state index in [0.717, 1.165) is 16.7 Å². The molecule has 0 radical (unpaired) electrons. The monoisotopic (exact) mass is 312 g/mol. The second-order valence-corrected chi connectivity index (χ2v) is 5.40. The number of fused-ring (bicyclic) bond motifs is 1. The zero-order chi connectivity index (χ0) is 15.0. The molecule has 0 aliphatic carbocycles. The minimum Gasteiger partial charge on any atom is -0.465 e. The molecule has 0 saturated carbocycles. The van der Waals surface area contributed by atoms with Crippen LogP contribution in [-0.4, -0.2) is 74.2 Å². The molecule has 5 atom stereocenters. The first-order chi connectivity index (χ1) is 9.36. The number of aliphatic hydroxyl groups excluding tert-OH is 2. The van der Waals surface area contributed by atoms with Crippen molar-refractivity contribution in [2.75, 3.05) is 6.54 Å². The molecule has 114 valence electrons. The summed E-state index contributed by atoms with van der Waals surface area (Å²) in [5.41, 5.74) is -0.934. The van der Waals surface area contributed by atoms with Crippen LogP contribution < -0.4 is 0 Å². The number of amides is 1. The number of carboxylic acid groups (broad SMARTS) is 1. The van der Waals surface area contributed by atoms with E-state index in [1.807, 2.05) is 0 Å². The number of hydrogen-bond donors (Lipinski definition) is 3. The number of aliphatic hydroxyl groups is 2. The van der Waals surface area contributed by atoms with E-state index in [4.69, 9.17) is 9.84 Å². The molecule has 2 heterocycles. The van der Waals surface area contributed by atoms with Gasteiger partial charge in [0.2, 0.25) is 0 Å². The molecule has 1 amide bonds. The lowest BCUT2D eigenvalue weighted by molar-refractivity contribution is -0.193. The summed E-state index contributed by atoms with van der Waals surface area (Å²) in [7, 11) is 0. The maximum Gasteiger partial charge on any atom is 0.413 e. The second-order valence-electron chi connectivity index (χ2n) is 4.33. The minimum atomic E-state index is -2.95. The largest absolute Gasteiger partial charge is 0.465 e. The molecular weight excluding hydrogens is 298 g/mol. The number of hydrogen-bond acceptors (Lipinski definition) is 6. The number of aliphatic imine (C=N–C) groups is 1. The molecule has 2 rings (SSSR count). The fourth-order valence-corrected chi connectivity index (χ4v) is 3.33. The fraction of sp³-hybridized carbons (Fsp3) is 0.800. The molecule has 2 aliphatic heterocycles. The molecule has 0 aromatic heterocycles. The van der Waals surface area contributed by atoms with Crippen LogP contribution in [0.15, 0.2) is 4.99 Å². The summed E-state index contributed by atoms with van der Waals surface area (Å²) in [6, 6.07) is -0.964. The van der Waals surface area contributed by atoms with Crippen molar-refractivity contribution in [1.29, 1.82) is 0 Å². The van der Waals surface area contributed by atoms with Crippen molar-refractivity contribution in [1.82, 2.24) is 4.90 Å². The van der Waals surface area contributed by atoms with Gasteiger partial charge >= 0.3 is 6.09 Å². The molecule has 3 N–H and O–H groups in total. The third-order valence-corrected chi connectivity index (χ3v) is 4.27. The highest BCUT2D eigenvalue weighted by Crippen LogP contribution is 2.38. The van der Waals surface area contributed by atoms with Gasteiger partial charge in [0.15, 0.2) is 5.17 Å². The molecule has 7 nitrogen and oxygen atoms in total. The van der Waals surface area contributed by atoms with Gasteiger partial charge < -0.3 is 20.1 Å². The zero-order valence-corrected chi connectivity index (χ0v) is 11.2. The van der Waals surface area contributed by atoms with Crippen molar-refractivity contribution in [2.24, 2.45) is 4.99 Å².